The lowest BCUT2D eigenvalue weighted by atomic mass is 10.1. The van der Waals surface area contributed by atoms with Crippen LogP contribution in [-0.2, 0) is 16.1 Å². The summed E-state index contributed by atoms with van der Waals surface area (Å²) in [5.41, 5.74) is 1.24. The molecule has 4 rings (SSSR count). The zero-order valence-corrected chi connectivity index (χ0v) is 21.2. The number of methoxy groups -OCH3 is 1. The Morgan fingerprint density at radius 3 is 2.35 bits per heavy atom. The molecule has 0 amide bonds. The third kappa shape index (κ3) is 5.76. The topological polar surface area (TPSA) is 143 Å². The molecule has 0 radical (unpaired) electrons. The summed E-state index contributed by atoms with van der Waals surface area (Å²) in [5, 5.41) is 21.8. The molecule has 0 aliphatic carbocycles. The minimum Gasteiger partial charge on any atom is -0.493 e. The van der Waals surface area contributed by atoms with Crippen molar-refractivity contribution < 1.29 is 28.9 Å². The minimum absolute atomic E-state index is 0.0148. The van der Waals surface area contributed by atoms with E-state index >= 15 is 0 Å². The van der Waals surface area contributed by atoms with Gasteiger partial charge in [0.15, 0.2) is 17.2 Å². The molecule has 0 spiro atoms. The molecule has 0 N–H and O–H groups in total. The van der Waals surface area contributed by atoms with Gasteiger partial charge in [-0.05, 0) is 63.5 Å². The minimum atomic E-state index is -0.724. The fourth-order valence-electron chi connectivity index (χ4n) is 3.31. The fraction of sp³-hybridized carbons (Fsp3) is 0.0833. The van der Waals surface area contributed by atoms with Gasteiger partial charge in [-0.15, -0.1) is 0 Å². The summed E-state index contributed by atoms with van der Waals surface area (Å²) in [5.74, 6) is -0.0563. The maximum atomic E-state index is 12.4. The van der Waals surface area contributed by atoms with Gasteiger partial charge in [-0.1, -0.05) is 11.6 Å². The molecule has 3 aromatic rings. The molecule has 3 aromatic carbocycles. The first-order valence-corrected chi connectivity index (χ1v) is 11.5. The van der Waals surface area contributed by atoms with Crippen molar-refractivity contribution in [1.29, 1.82) is 0 Å². The number of carbonyl (C=O) groups is 1. The summed E-state index contributed by atoms with van der Waals surface area (Å²) in [4.78, 5) is 37.3. The van der Waals surface area contributed by atoms with Crippen LogP contribution in [0.5, 0.6) is 11.5 Å². The summed E-state index contributed by atoms with van der Waals surface area (Å²) in [6.45, 7) is 0.128. The Kier molecular flexibility index (Phi) is 7.50. The fourth-order valence-corrected chi connectivity index (χ4v) is 4.14. The van der Waals surface area contributed by atoms with Crippen LogP contribution >= 0.6 is 27.5 Å². The van der Waals surface area contributed by atoms with Crippen molar-refractivity contribution >= 4 is 56.8 Å². The number of aliphatic imine (C=N–C) groups is 1. The van der Waals surface area contributed by atoms with Gasteiger partial charge >= 0.3 is 5.97 Å². The molecular formula is C24H15BrClN3O8. The van der Waals surface area contributed by atoms with Gasteiger partial charge in [0.05, 0.1) is 32.0 Å². The van der Waals surface area contributed by atoms with Crippen LogP contribution in [0.2, 0.25) is 5.02 Å². The van der Waals surface area contributed by atoms with Gasteiger partial charge in [-0.3, -0.25) is 20.2 Å². The average molecular weight is 589 g/mol. The number of carbonyl (C=O) groups excluding carboxylic acids is 1. The predicted octanol–water partition coefficient (Wildman–Crippen LogP) is 5.85. The Morgan fingerprint density at radius 1 is 1.05 bits per heavy atom. The molecule has 0 aromatic heterocycles. The van der Waals surface area contributed by atoms with Crippen molar-refractivity contribution in [3.8, 4) is 11.5 Å². The molecule has 1 heterocycles. The summed E-state index contributed by atoms with van der Waals surface area (Å²) in [7, 11) is 1.45. The van der Waals surface area contributed by atoms with Gasteiger partial charge in [0.2, 0.25) is 5.90 Å². The number of esters is 1. The van der Waals surface area contributed by atoms with Gasteiger partial charge in [-0.2, -0.15) is 0 Å². The maximum Gasteiger partial charge on any atom is 0.363 e. The maximum absolute atomic E-state index is 12.4. The monoisotopic (exact) mass is 587 g/mol. The quantitative estimate of drug-likeness (QED) is 0.138. The Hall–Kier alpha value is -4.29. The number of nitro benzene ring substituents is 2. The van der Waals surface area contributed by atoms with Crippen LogP contribution in [0.1, 0.15) is 16.7 Å². The van der Waals surface area contributed by atoms with Gasteiger partial charge in [0, 0.05) is 24.3 Å². The lowest BCUT2D eigenvalue weighted by Crippen LogP contribution is -2.06. The number of hydrogen-bond acceptors (Lipinski definition) is 9. The molecule has 1 aliphatic rings. The molecule has 13 heteroatoms. The van der Waals surface area contributed by atoms with Crippen molar-refractivity contribution in [2.24, 2.45) is 4.99 Å². The molecule has 188 valence electrons. The highest BCUT2D eigenvalue weighted by molar-refractivity contribution is 9.10. The number of hydrogen-bond donors (Lipinski definition) is 0. The number of benzene rings is 3. The highest BCUT2D eigenvalue weighted by atomic mass is 79.9. The number of ether oxygens (including phenoxy) is 3. The first-order valence-electron chi connectivity index (χ1n) is 10.4. The van der Waals surface area contributed by atoms with E-state index in [1.165, 1.54) is 37.5 Å². The van der Waals surface area contributed by atoms with E-state index in [1.54, 1.807) is 24.3 Å². The van der Waals surface area contributed by atoms with Crippen LogP contribution in [0.4, 0.5) is 11.4 Å². The zero-order valence-electron chi connectivity index (χ0n) is 18.8. The summed E-state index contributed by atoms with van der Waals surface area (Å²) in [6.07, 6.45) is 1.47. The van der Waals surface area contributed by atoms with Crippen molar-refractivity contribution in [2.75, 3.05) is 7.11 Å². The second kappa shape index (κ2) is 10.8. The molecule has 0 fully saturated rings. The Balaban J connectivity index is 1.57. The van der Waals surface area contributed by atoms with Crippen molar-refractivity contribution in [1.82, 2.24) is 0 Å². The number of rotatable bonds is 8. The van der Waals surface area contributed by atoms with Crippen LogP contribution < -0.4 is 9.47 Å². The Morgan fingerprint density at radius 2 is 1.73 bits per heavy atom. The molecule has 0 bridgehead atoms. The lowest BCUT2D eigenvalue weighted by Gasteiger charge is -2.13. The van der Waals surface area contributed by atoms with Gasteiger partial charge in [-0.25, -0.2) is 9.79 Å². The molecule has 0 saturated heterocycles. The van der Waals surface area contributed by atoms with Crippen LogP contribution in [0.15, 0.2) is 69.8 Å². The molecule has 0 saturated carbocycles. The predicted molar refractivity (Wildman–Crippen MR) is 137 cm³/mol. The van der Waals surface area contributed by atoms with Crippen LogP contribution in [0.3, 0.4) is 0 Å². The molecule has 0 unspecified atom stereocenters. The van der Waals surface area contributed by atoms with E-state index < -0.39 is 15.8 Å². The number of nitrogens with zero attached hydrogens (tertiary/aromatic N) is 3. The number of halogens is 2. The van der Waals surface area contributed by atoms with Crippen molar-refractivity contribution in [2.45, 2.75) is 6.61 Å². The van der Waals surface area contributed by atoms with E-state index in [0.29, 0.717) is 27.1 Å². The van der Waals surface area contributed by atoms with Crippen LogP contribution in [-0.4, -0.2) is 28.8 Å². The van der Waals surface area contributed by atoms with E-state index in [9.17, 15) is 25.0 Å². The first kappa shape index (κ1) is 25.8. The number of non-ortho nitro benzene ring substituents is 2. The number of nitro groups is 2. The van der Waals surface area contributed by atoms with E-state index in [1.807, 2.05) is 0 Å². The SMILES string of the molecule is COc1cc(/C=C2\N=C(c3ccc([N+](=O)[O-])cc3Cl)OC2=O)cc(Br)c1OCc1ccc([N+](=O)[O-])cc1. The van der Waals surface area contributed by atoms with E-state index in [0.717, 1.165) is 6.07 Å². The van der Waals surface area contributed by atoms with E-state index in [-0.39, 0.29) is 40.2 Å². The van der Waals surface area contributed by atoms with Gasteiger partial charge in [0.1, 0.15) is 6.61 Å². The highest BCUT2D eigenvalue weighted by Gasteiger charge is 2.27. The Bertz CT molecular complexity index is 1490. The van der Waals surface area contributed by atoms with Crippen molar-refractivity contribution in [3.05, 3.63) is 107 Å². The van der Waals surface area contributed by atoms with Gasteiger partial charge < -0.3 is 14.2 Å². The Labute approximate surface area is 222 Å². The third-order valence-electron chi connectivity index (χ3n) is 5.10. The molecule has 0 atom stereocenters. The largest absolute Gasteiger partial charge is 0.493 e. The highest BCUT2D eigenvalue weighted by Crippen LogP contribution is 2.38. The van der Waals surface area contributed by atoms with Crippen LogP contribution in [0, 0.1) is 20.2 Å². The average Bonchev–Trinajstić information content (AvgIpc) is 3.22. The third-order valence-corrected chi connectivity index (χ3v) is 6.00. The number of cyclic esters (lactones) is 1. The van der Waals surface area contributed by atoms with Crippen LogP contribution in [0.25, 0.3) is 6.08 Å². The molecular weight excluding hydrogens is 574 g/mol. The lowest BCUT2D eigenvalue weighted by molar-refractivity contribution is -0.385. The summed E-state index contributed by atoms with van der Waals surface area (Å²) >= 11 is 9.56. The zero-order chi connectivity index (χ0) is 26.7. The summed E-state index contributed by atoms with van der Waals surface area (Å²) < 4.78 is 17.0. The standard InChI is InChI=1S/C24H15BrClN3O8/c1-35-21-10-14(8-18(25)22(21)36-12-13-2-4-15(5-3-13)28(31)32)9-20-24(30)37-23(27-20)17-7-6-16(29(33)34)11-19(17)26/h2-11H,12H2,1H3/b20-9-. The van der Waals surface area contributed by atoms with Crippen molar-refractivity contribution in [3.63, 3.8) is 0 Å². The van der Waals surface area contributed by atoms with E-state index in [4.69, 9.17) is 25.8 Å². The summed E-state index contributed by atoms with van der Waals surface area (Å²) in [6, 6.07) is 13.0. The molecule has 37 heavy (non-hydrogen) atoms. The molecule has 1 aliphatic heterocycles. The van der Waals surface area contributed by atoms with E-state index in [2.05, 4.69) is 20.9 Å². The second-order valence-electron chi connectivity index (χ2n) is 7.50. The molecule has 11 nitrogen and oxygen atoms in total. The first-order chi connectivity index (χ1) is 17.7. The van der Waals surface area contributed by atoms with Gasteiger partial charge in [0.25, 0.3) is 11.4 Å². The smallest absolute Gasteiger partial charge is 0.363 e. The normalized spacial score (nSPS) is 13.8. The second-order valence-corrected chi connectivity index (χ2v) is 8.77.